The molecule has 1 aromatic rings. The van der Waals surface area contributed by atoms with E-state index in [0.717, 1.165) is 11.1 Å². The molecule has 0 aromatic heterocycles. The monoisotopic (exact) mass is 182 g/mol. The van der Waals surface area contributed by atoms with Gasteiger partial charge in [0, 0.05) is 6.07 Å². The van der Waals surface area contributed by atoms with Gasteiger partial charge < -0.3 is 4.74 Å². The molecular weight excluding hydrogens is 167 g/mol. The van der Waals surface area contributed by atoms with E-state index in [-0.39, 0.29) is 11.7 Å². The fourth-order valence-electron chi connectivity index (χ4n) is 1.57. The van der Waals surface area contributed by atoms with Crippen LogP contribution in [0.5, 0.6) is 5.75 Å². The first-order chi connectivity index (χ1) is 6.06. The van der Waals surface area contributed by atoms with Crippen molar-refractivity contribution >= 4 is 0 Å². The first-order valence-corrected chi connectivity index (χ1v) is 4.40. The van der Waals surface area contributed by atoms with Gasteiger partial charge in [-0.25, -0.2) is 4.39 Å². The normalized spacial score (nSPS) is 10.6. The Bertz CT molecular complexity index is 282. The maximum absolute atomic E-state index is 13.5. The molecule has 2 heteroatoms. The molecule has 0 radical (unpaired) electrons. The fraction of sp³-hybridized carbons (Fsp3) is 0.455. The first kappa shape index (κ1) is 10.0. The van der Waals surface area contributed by atoms with Crippen LogP contribution in [0.4, 0.5) is 4.39 Å². The van der Waals surface area contributed by atoms with E-state index in [2.05, 4.69) is 0 Å². The minimum Gasteiger partial charge on any atom is -0.497 e. The molecule has 72 valence electrons. The van der Waals surface area contributed by atoms with Crippen LogP contribution in [-0.2, 0) is 0 Å². The van der Waals surface area contributed by atoms with E-state index < -0.39 is 0 Å². The number of benzene rings is 1. The molecule has 0 aliphatic heterocycles. The molecule has 0 fully saturated rings. The Morgan fingerprint density at radius 3 is 2.31 bits per heavy atom. The number of rotatable bonds is 2. The van der Waals surface area contributed by atoms with Gasteiger partial charge in [0.1, 0.15) is 11.6 Å². The van der Waals surface area contributed by atoms with Gasteiger partial charge in [0.25, 0.3) is 0 Å². The Morgan fingerprint density at radius 1 is 1.31 bits per heavy atom. The summed E-state index contributed by atoms with van der Waals surface area (Å²) in [6.07, 6.45) is 0. The van der Waals surface area contributed by atoms with E-state index >= 15 is 0 Å². The maximum Gasteiger partial charge on any atom is 0.130 e. The average molecular weight is 182 g/mol. The molecule has 1 aromatic carbocycles. The molecule has 13 heavy (non-hydrogen) atoms. The molecule has 0 heterocycles. The molecule has 1 nitrogen and oxygen atoms in total. The molecule has 0 spiro atoms. The summed E-state index contributed by atoms with van der Waals surface area (Å²) in [5.41, 5.74) is 1.73. The molecule has 0 aliphatic carbocycles. The molecule has 0 saturated carbocycles. The van der Waals surface area contributed by atoms with Crippen LogP contribution in [0.3, 0.4) is 0 Å². The van der Waals surface area contributed by atoms with Crippen LogP contribution >= 0.6 is 0 Å². The van der Waals surface area contributed by atoms with Crippen molar-refractivity contribution in [3.8, 4) is 5.75 Å². The highest BCUT2D eigenvalue weighted by atomic mass is 19.1. The van der Waals surface area contributed by atoms with Crippen LogP contribution in [0.25, 0.3) is 0 Å². The van der Waals surface area contributed by atoms with E-state index in [1.54, 1.807) is 7.11 Å². The zero-order chi connectivity index (χ0) is 10.0. The van der Waals surface area contributed by atoms with E-state index in [1.165, 1.54) is 6.07 Å². The lowest BCUT2D eigenvalue weighted by Crippen LogP contribution is -1.98. The van der Waals surface area contributed by atoms with Crippen molar-refractivity contribution in [2.45, 2.75) is 26.7 Å². The molecule has 0 unspecified atom stereocenters. The van der Waals surface area contributed by atoms with Crippen molar-refractivity contribution in [1.29, 1.82) is 0 Å². The highest BCUT2D eigenvalue weighted by Crippen LogP contribution is 2.26. The molecule has 0 atom stereocenters. The standard InChI is InChI=1S/C11H15FO/c1-7(2)11-8(3)5-9(13-4)6-10(11)12/h5-7H,1-4H3. The summed E-state index contributed by atoms with van der Waals surface area (Å²) in [5, 5.41) is 0. The Labute approximate surface area is 78.5 Å². The van der Waals surface area contributed by atoms with Crippen molar-refractivity contribution in [2.24, 2.45) is 0 Å². The molecule has 0 bridgehead atoms. The lowest BCUT2D eigenvalue weighted by atomic mass is 9.97. The zero-order valence-corrected chi connectivity index (χ0v) is 8.52. The van der Waals surface area contributed by atoms with E-state index in [9.17, 15) is 4.39 Å². The molecule has 0 saturated heterocycles. The lowest BCUT2D eigenvalue weighted by molar-refractivity contribution is 0.410. The van der Waals surface area contributed by atoms with Crippen LogP contribution in [0.2, 0.25) is 0 Å². The maximum atomic E-state index is 13.5. The molecule has 0 amide bonds. The first-order valence-electron chi connectivity index (χ1n) is 4.40. The Kier molecular flexibility index (Phi) is 2.91. The largest absolute Gasteiger partial charge is 0.497 e. The number of aryl methyl sites for hydroxylation is 1. The van der Waals surface area contributed by atoms with Crippen molar-refractivity contribution in [1.82, 2.24) is 0 Å². The minimum atomic E-state index is -0.174. The van der Waals surface area contributed by atoms with Crippen LogP contribution in [-0.4, -0.2) is 7.11 Å². The Hall–Kier alpha value is -1.05. The number of ether oxygens (including phenoxy) is 1. The number of halogens is 1. The molecular formula is C11H15FO. The second kappa shape index (κ2) is 3.77. The SMILES string of the molecule is COc1cc(C)c(C(C)C)c(F)c1. The minimum absolute atomic E-state index is 0.174. The third kappa shape index (κ3) is 2.00. The molecule has 0 aliphatic rings. The third-order valence-electron chi connectivity index (χ3n) is 2.12. The molecule has 1 rings (SSSR count). The van der Waals surface area contributed by atoms with Crippen molar-refractivity contribution in [3.63, 3.8) is 0 Å². The van der Waals surface area contributed by atoms with Crippen LogP contribution in [0.1, 0.15) is 30.9 Å². The van der Waals surface area contributed by atoms with Gasteiger partial charge in [-0.15, -0.1) is 0 Å². The van der Waals surface area contributed by atoms with Crippen molar-refractivity contribution in [2.75, 3.05) is 7.11 Å². The highest BCUT2D eigenvalue weighted by molar-refractivity contribution is 5.37. The Balaban J connectivity index is 3.23. The van der Waals surface area contributed by atoms with Crippen molar-refractivity contribution in [3.05, 3.63) is 29.1 Å². The predicted octanol–water partition coefficient (Wildman–Crippen LogP) is 3.27. The van der Waals surface area contributed by atoms with E-state index in [0.29, 0.717) is 5.75 Å². The number of hydrogen-bond acceptors (Lipinski definition) is 1. The lowest BCUT2D eigenvalue weighted by Gasteiger charge is -2.12. The topological polar surface area (TPSA) is 9.23 Å². The predicted molar refractivity (Wildman–Crippen MR) is 51.8 cm³/mol. The summed E-state index contributed by atoms with van der Waals surface area (Å²) >= 11 is 0. The average Bonchev–Trinajstić information content (AvgIpc) is 2.02. The molecule has 0 N–H and O–H groups in total. The fourth-order valence-corrected chi connectivity index (χ4v) is 1.57. The second-order valence-electron chi connectivity index (χ2n) is 3.49. The van der Waals surface area contributed by atoms with Gasteiger partial charge in [0.05, 0.1) is 7.11 Å². The van der Waals surface area contributed by atoms with Gasteiger partial charge in [0.15, 0.2) is 0 Å². The van der Waals surface area contributed by atoms with Gasteiger partial charge in [-0.2, -0.15) is 0 Å². The van der Waals surface area contributed by atoms with E-state index in [1.807, 2.05) is 26.8 Å². The van der Waals surface area contributed by atoms with Crippen LogP contribution in [0.15, 0.2) is 12.1 Å². The third-order valence-corrected chi connectivity index (χ3v) is 2.12. The van der Waals surface area contributed by atoms with Gasteiger partial charge in [0.2, 0.25) is 0 Å². The quantitative estimate of drug-likeness (QED) is 0.682. The Morgan fingerprint density at radius 2 is 1.92 bits per heavy atom. The van der Waals surface area contributed by atoms with Gasteiger partial charge in [-0.05, 0) is 30.0 Å². The van der Waals surface area contributed by atoms with Crippen LogP contribution < -0.4 is 4.74 Å². The van der Waals surface area contributed by atoms with Crippen molar-refractivity contribution < 1.29 is 9.13 Å². The van der Waals surface area contributed by atoms with Gasteiger partial charge in [-0.3, -0.25) is 0 Å². The smallest absolute Gasteiger partial charge is 0.130 e. The number of methoxy groups -OCH3 is 1. The van der Waals surface area contributed by atoms with E-state index in [4.69, 9.17) is 4.74 Å². The highest BCUT2D eigenvalue weighted by Gasteiger charge is 2.11. The number of hydrogen-bond donors (Lipinski definition) is 0. The summed E-state index contributed by atoms with van der Waals surface area (Å²) in [5.74, 6) is 0.622. The summed E-state index contributed by atoms with van der Waals surface area (Å²) < 4.78 is 18.4. The summed E-state index contributed by atoms with van der Waals surface area (Å²) in [7, 11) is 1.54. The van der Waals surface area contributed by atoms with Gasteiger partial charge in [-0.1, -0.05) is 13.8 Å². The second-order valence-corrected chi connectivity index (χ2v) is 3.49. The van der Waals surface area contributed by atoms with Gasteiger partial charge >= 0.3 is 0 Å². The zero-order valence-electron chi connectivity index (χ0n) is 8.52. The summed E-state index contributed by atoms with van der Waals surface area (Å²) in [4.78, 5) is 0. The summed E-state index contributed by atoms with van der Waals surface area (Å²) in [6, 6.07) is 3.29. The summed E-state index contributed by atoms with van der Waals surface area (Å²) in [6.45, 7) is 5.87. The van der Waals surface area contributed by atoms with Crippen LogP contribution in [0, 0.1) is 12.7 Å².